The van der Waals surface area contributed by atoms with E-state index in [9.17, 15) is 0 Å². The first-order chi connectivity index (χ1) is 14.0. The number of benzene rings is 2. The average molecular weight is 355 g/mol. The molecule has 0 spiro atoms. The fourth-order valence-corrected chi connectivity index (χ4v) is 4.49. The topological polar surface area (TPSA) is 3.88 Å². The van der Waals surface area contributed by atoms with E-state index in [-0.39, 0.29) is 5.56 Å². The van der Waals surface area contributed by atoms with Crippen LogP contribution in [0.5, 0.6) is 0 Å². The van der Waals surface area contributed by atoms with Crippen LogP contribution in [0.25, 0.3) is 22.0 Å². The summed E-state index contributed by atoms with van der Waals surface area (Å²) in [6, 6.07) is 11.3. The fourth-order valence-electron chi connectivity index (χ4n) is 3.32. The number of rotatable bonds is 3. The van der Waals surface area contributed by atoms with Crippen molar-refractivity contribution in [3.8, 4) is 11.3 Å². The standard InChI is InChI=1S/C23H30NSi/c1-8-18-13-16(2)14-22(17(18)3)23-21-10-9-20(25(5,6)7)15-19(21)11-12-24(23)4/h9-15H,8H2,1-7H3/q+1/i2D3,8D2,12D. The summed E-state index contributed by atoms with van der Waals surface area (Å²) in [5, 5.41) is 3.16. The number of aryl methyl sites for hydroxylation is 2. The van der Waals surface area contributed by atoms with E-state index in [0.717, 1.165) is 16.5 Å². The van der Waals surface area contributed by atoms with Gasteiger partial charge in [-0.3, -0.25) is 0 Å². The van der Waals surface area contributed by atoms with Gasteiger partial charge in [-0.25, -0.2) is 4.57 Å². The van der Waals surface area contributed by atoms with Crippen molar-refractivity contribution >= 4 is 24.0 Å². The van der Waals surface area contributed by atoms with Crippen molar-refractivity contribution in [2.24, 2.45) is 7.05 Å². The number of aromatic nitrogens is 1. The fraction of sp³-hybridized carbons (Fsp3) is 0.348. The molecule has 3 aromatic rings. The van der Waals surface area contributed by atoms with Crippen molar-refractivity contribution < 1.29 is 12.8 Å². The second-order valence-electron chi connectivity index (χ2n) is 7.68. The van der Waals surface area contributed by atoms with Crippen LogP contribution in [0.15, 0.2) is 42.6 Å². The van der Waals surface area contributed by atoms with Gasteiger partial charge in [0.05, 0.1) is 19.0 Å². The van der Waals surface area contributed by atoms with Crippen molar-refractivity contribution in [1.29, 1.82) is 0 Å². The summed E-state index contributed by atoms with van der Waals surface area (Å²) in [5.74, 6) is 0. The highest BCUT2D eigenvalue weighted by molar-refractivity contribution is 6.88. The second-order valence-corrected chi connectivity index (χ2v) is 12.8. The van der Waals surface area contributed by atoms with Gasteiger partial charge in [0.25, 0.3) is 0 Å². The molecule has 1 heterocycles. The zero-order valence-electron chi connectivity index (χ0n) is 21.9. The van der Waals surface area contributed by atoms with Crippen molar-refractivity contribution in [2.75, 3.05) is 0 Å². The van der Waals surface area contributed by atoms with Crippen LogP contribution in [0.3, 0.4) is 0 Å². The number of hydrogen-bond acceptors (Lipinski definition) is 0. The number of pyridine rings is 1. The van der Waals surface area contributed by atoms with Crippen LogP contribution >= 0.6 is 0 Å². The maximum atomic E-state index is 8.53. The molecular weight excluding hydrogens is 318 g/mol. The van der Waals surface area contributed by atoms with Gasteiger partial charge in [0, 0.05) is 12.9 Å². The van der Waals surface area contributed by atoms with Crippen LogP contribution in [0, 0.1) is 13.8 Å². The highest BCUT2D eigenvalue weighted by Crippen LogP contribution is 2.30. The first-order valence-electron chi connectivity index (χ1n) is 11.6. The zero-order chi connectivity index (χ0) is 23.5. The minimum absolute atomic E-state index is 0.107. The Morgan fingerprint density at radius 1 is 1.16 bits per heavy atom. The molecule has 0 aliphatic carbocycles. The third-order valence-corrected chi connectivity index (χ3v) is 6.90. The third kappa shape index (κ3) is 3.28. The second kappa shape index (κ2) is 6.42. The SMILES string of the molecule is [2H]c1cc2cc([Si](C)(C)C)ccc2c(-c2cc(C([2H])([2H])[2H])cc(C([2H])([2H])C)c2C)[n+]1C. The molecule has 0 bridgehead atoms. The Hall–Kier alpha value is -1.93. The normalized spacial score (nSPS) is 16.6. The summed E-state index contributed by atoms with van der Waals surface area (Å²) in [4.78, 5) is 0. The van der Waals surface area contributed by atoms with Crippen LogP contribution < -0.4 is 9.75 Å². The quantitative estimate of drug-likeness (QED) is 0.457. The molecular formula is C23H30NSi+. The Kier molecular flexibility index (Phi) is 2.99. The van der Waals surface area contributed by atoms with Crippen LogP contribution in [0.1, 0.15) is 31.8 Å². The van der Waals surface area contributed by atoms with E-state index >= 15 is 0 Å². The summed E-state index contributed by atoms with van der Waals surface area (Å²) >= 11 is 0. The molecule has 25 heavy (non-hydrogen) atoms. The molecule has 0 saturated heterocycles. The molecule has 1 aromatic heterocycles. The van der Waals surface area contributed by atoms with Gasteiger partial charge >= 0.3 is 0 Å². The molecule has 130 valence electrons. The maximum absolute atomic E-state index is 8.53. The van der Waals surface area contributed by atoms with Gasteiger partial charge in [-0.2, -0.15) is 0 Å². The lowest BCUT2D eigenvalue weighted by atomic mass is 9.93. The molecule has 1 nitrogen and oxygen atoms in total. The molecule has 3 rings (SSSR count). The molecule has 0 unspecified atom stereocenters. The highest BCUT2D eigenvalue weighted by Gasteiger charge is 2.21. The molecule has 2 aromatic carbocycles. The largest absolute Gasteiger partial charge is 0.220 e. The minimum Gasteiger partial charge on any atom is -0.200 e. The molecule has 0 radical (unpaired) electrons. The van der Waals surface area contributed by atoms with E-state index in [1.807, 2.05) is 13.0 Å². The summed E-state index contributed by atoms with van der Waals surface area (Å²) in [5.41, 5.74) is 2.54. The first kappa shape index (κ1) is 11.6. The van der Waals surface area contributed by atoms with Crippen LogP contribution in [0.2, 0.25) is 19.6 Å². The Morgan fingerprint density at radius 2 is 1.92 bits per heavy atom. The third-order valence-electron chi connectivity index (χ3n) is 4.85. The Bertz CT molecular complexity index is 1170. The van der Waals surface area contributed by atoms with E-state index in [1.165, 1.54) is 18.2 Å². The predicted octanol–water partition coefficient (Wildman–Crippen LogP) is 5.06. The van der Waals surface area contributed by atoms with Crippen molar-refractivity contribution in [1.82, 2.24) is 0 Å². The summed E-state index contributed by atoms with van der Waals surface area (Å²) in [6.45, 7) is 7.74. The van der Waals surface area contributed by atoms with Crippen LogP contribution in [-0.4, -0.2) is 8.07 Å². The lowest BCUT2D eigenvalue weighted by Crippen LogP contribution is -2.37. The Balaban J connectivity index is 2.47. The van der Waals surface area contributed by atoms with E-state index < -0.39 is 21.3 Å². The maximum Gasteiger partial charge on any atom is 0.220 e. The number of hydrogen-bond donors (Lipinski definition) is 0. The molecule has 0 aliphatic rings. The van der Waals surface area contributed by atoms with Gasteiger partial charge in [-0.05, 0) is 54.4 Å². The van der Waals surface area contributed by atoms with Gasteiger partial charge < -0.3 is 0 Å². The lowest BCUT2D eigenvalue weighted by molar-refractivity contribution is -0.659. The van der Waals surface area contributed by atoms with Crippen molar-refractivity contribution in [3.63, 3.8) is 0 Å². The van der Waals surface area contributed by atoms with Gasteiger partial charge in [0.2, 0.25) is 5.69 Å². The van der Waals surface area contributed by atoms with E-state index in [4.69, 9.17) is 8.22 Å². The molecule has 0 N–H and O–H groups in total. The molecule has 0 atom stereocenters. The number of nitrogens with zero attached hydrogens (tertiary/aromatic N) is 1. The van der Waals surface area contributed by atoms with Crippen molar-refractivity contribution in [3.05, 3.63) is 59.3 Å². The zero-order valence-corrected chi connectivity index (χ0v) is 16.9. The van der Waals surface area contributed by atoms with Crippen LogP contribution in [0.4, 0.5) is 0 Å². The van der Waals surface area contributed by atoms with Gasteiger partial charge in [-0.1, -0.05) is 50.0 Å². The predicted molar refractivity (Wildman–Crippen MR) is 112 cm³/mol. The Morgan fingerprint density at radius 3 is 2.56 bits per heavy atom. The van der Waals surface area contributed by atoms with Crippen molar-refractivity contribution in [2.45, 2.75) is 46.7 Å². The smallest absolute Gasteiger partial charge is 0.200 e. The minimum atomic E-state index is -2.36. The van der Waals surface area contributed by atoms with E-state index in [1.54, 1.807) is 17.7 Å². The monoisotopic (exact) mass is 354 g/mol. The molecule has 0 fully saturated rings. The molecule has 2 heteroatoms. The summed E-state index contributed by atoms with van der Waals surface area (Å²) in [7, 11) is 0.248. The van der Waals surface area contributed by atoms with Gasteiger partial charge in [0.15, 0.2) is 6.17 Å². The number of fused-ring (bicyclic) bond motifs is 1. The Labute approximate surface area is 161 Å². The van der Waals surface area contributed by atoms with E-state index in [2.05, 4.69) is 37.8 Å². The average Bonchev–Trinajstić information content (AvgIpc) is 2.60. The lowest BCUT2D eigenvalue weighted by Gasteiger charge is -2.18. The van der Waals surface area contributed by atoms with E-state index in [0.29, 0.717) is 22.9 Å². The summed E-state index contributed by atoms with van der Waals surface area (Å²) < 4.78 is 50.6. The molecule has 0 aliphatic heterocycles. The van der Waals surface area contributed by atoms with Gasteiger partial charge in [0.1, 0.15) is 8.42 Å². The molecule has 0 amide bonds. The summed E-state index contributed by atoms with van der Waals surface area (Å²) in [6.07, 6.45) is -1.38. The van der Waals surface area contributed by atoms with Gasteiger partial charge in [-0.15, -0.1) is 0 Å². The highest BCUT2D eigenvalue weighted by atomic mass is 28.3. The first-order valence-corrected chi connectivity index (χ1v) is 12.1. The molecule has 0 saturated carbocycles. The van der Waals surface area contributed by atoms with Crippen LogP contribution in [-0.2, 0) is 13.4 Å².